The van der Waals surface area contributed by atoms with Crippen molar-refractivity contribution >= 4 is 31.6 Å². The van der Waals surface area contributed by atoms with Crippen molar-refractivity contribution in [1.82, 2.24) is 9.71 Å². The van der Waals surface area contributed by atoms with Crippen molar-refractivity contribution in [3.05, 3.63) is 59.1 Å². The third kappa shape index (κ3) is 3.72. The molecule has 23 heavy (non-hydrogen) atoms. The summed E-state index contributed by atoms with van der Waals surface area (Å²) in [6, 6.07) is 8.96. The fourth-order valence-electron chi connectivity index (χ4n) is 2.04. The highest BCUT2D eigenvalue weighted by atomic mass is 32.2. The van der Waals surface area contributed by atoms with E-state index in [1.807, 2.05) is 0 Å². The molecule has 120 valence electrons. The zero-order valence-corrected chi connectivity index (χ0v) is 13.4. The lowest BCUT2D eigenvalue weighted by molar-refractivity contribution is 0.580. The number of rotatable bonds is 5. The SMILES string of the molecule is O=S(=O)(NCCc1nc2cc(F)ccc2s1)c1ccc(F)cc1. The smallest absolute Gasteiger partial charge is 0.240 e. The summed E-state index contributed by atoms with van der Waals surface area (Å²) >= 11 is 1.39. The van der Waals surface area contributed by atoms with Crippen LogP contribution >= 0.6 is 11.3 Å². The number of halogens is 2. The first-order valence-electron chi connectivity index (χ1n) is 6.74. The highest BCUT2D eigenvalue weighted by Crippen LogP contribution is 2.23. The minimum Gasteiger partial charge on any atom is -0.241 e. The Morgan fingerprint density at radius 2 is 1.74 bits per heavy atom. The number of hydrogen-bond acceptors (Lipinski definition) is 4. The van der Waals surface area contributed by atoms with E-state index in [1.165, 1.54) is 35.6 Å². The van der Waals surface area contributed by atoms with Gasteiger partial charge in [0.2, 0.25) is 10.0 Å². The van der Waals surface area contributed by atoms with Gasteiger partial charge in [-0.1, -0.05) is 0 Å². The second-order valence-corrected chi connectivity index (χ2v) is 7.70. The van der Waals surface area contributed by atoms with Gasteiger partial charge in [-0.05, 0) is 36.4 Å². The molecule has 2 aromatic carbocycles. The van der Waals surface area contributed by atoms with Crippen LogP contribution < -0.4 is 4.72 Å². The minimum atomic E-state index is -3.68. The highest BCUT2D eigenvalue weighted by molar-refractivity contribution is 7.89. The van der Waals surface area contributed by atoms with Crippen LogP contribution in [-0.4, -0.2) is 19.9 Å². The Morgan fingerprint density at radius 1 is 1.04 bits per heavy atom. The molecule has 0 fully saturated rings. The average molecular weight is 354 g/mol. The van der Waals surface area contributed by atoms with Gasteiger partial charge in [0.1, 0.15) is 11.6 Å². The molecule has 3 rings (SSSR count). The summed E-state index contributed by atoms with van der Waals surface area (Å²) in [4.78, 5) is 4.28. The van der Waals surface area contributed by atoms with Crippen LogP contribution in [0.25, 0.3) is 10.2 Å². The number of fused-ring (bicyclic) bond motifs is 1. The Kier molecular flexibility index (Phi) is 4.38. The first-order valence-corrected chi connectivity index (χ1v) is 9.04. The van der Waals surface area contributed by atoms with E-state index < -0.39 is 15.8 Å². The predicted octanol–water partition coefficient (Wildman–Crippen LogP) is 3.10. The van der Waals surface area contributed by atoms with Crippen molar-refractivity contribution in [3.8, 4) is 0 Å². The molecule has 1 heterocycles. The first-order chi connectivity index (χ1) is 10.9. The fourth-order valence-corrected chi connectivity index (χ4v) is 4.02. The maximum absolute atomic E-state index is 13.1. The molecule has 0 saturated carbocycles. The third-order valence-corrected chi connectivity index (χ3v) is 5.72. The summed E-state index contributed by atoms with van der Waals surface area (Å²) in [7, 11) is -3.68. The topological polar surface area (TPSA) is 59.1 Å². The minimum absolute atomic E-state index is 0.00488. The second kappa shape index (κ2) is 6.31. The maximum atomic E-state index is 13.1. The lowest BCUT2D eigenvalue weighted by atomic mass is 10.3. The molecule has 0 radical (unpaired) electrons. The van der Waals surface area contributed by atoms with Crippen molar-refractivity contribution in [1.29, 1.82) is 0 Å². The van der Waals surface area contributed by atoms with Gasteiger partial charge in [-0.3, -0.25) is 0 Å². The zero-order valence-electron chi connectivity index (χ0n) is 11.8. The van der Waals surface area contributed by atoms with Crippen LogP contribution in [0.3, 0.4) is 0 Å². The maximum Gasteiger partial charge on any atom is 0.240 e. The summed E-state index contributed by atoms with van der Waals surface area (Å²) in [6.45, 7) is 0.155. The van der Waals surface area contributed by atoms with Gasteiger partial charge in [0.05, 0.1) is 20.1 Å². The summed E-state index contributed by atoms with van der Waals surface area (Å²) < 4.78 is 53.3. The van der Waals surface area contributed by atoms with E-state index in [1.54, 1.807) is 6.07 Å². The molecule has 1 aromatic heterocycles. The van der Waals surface area contributed by atoms with Gasteiger partial charge < -0.3 is 0 Å². The van der Waals surface area contributed by atoms with Crippen LogP contribution in [0.15, 0.2) is 47.4 Å². The molecule has 0 spiro atoms. The van der Waals surface area contributed by atoms with E-state index in [-0.39, 0.29) is 17.3 Å². The lowest BCUT2D eigenvalue weighted by Gasteiger charge is -2.05. The van der Waals surface area contributed by atoms with Crippen LogP contribution in [0.1, 0.15) is 5.01 Å². The number of benzene rings is 2. The molecule has 0 aliphatic carbocycles. The number of sulfonamides is 1. The lowest BCUT2D eigenvalue weighted by Crippen LogP contribution is -2.25. The quantitative estimate of drug-likeness (QED) is 0.766. The highest BCUT2D eigenvalue weighted by Gasteiger charge is 2.14. The van der Waals surface area contributed by atoms with Crippen molar-refractivity contribution in [2.45, 2.75) is 11.3 Å². The van der Waals surface area contributed by atoms with Gasteiger partial charge in [0.15, 0.2) is 0 Å². The van der Waals surface area contributed by atoms with Gasteiger partial charge >= 0.3 is 0 Å². The van der Waals surface area contributed by atoms with Crippen LogP contribution in [0.5, 0.6) is 0 Å². The van der Waals surface area contributed by atoms with Gasteiger partial charge in [-0.25, -0.2) is 26.9 Å². The Morgan fingerprint density at radius 3 is 2.48 bits per heavy atom. The van der Waals surface area contributed by atoms with Gasteiger partial charge in [-0.2, -0.15) is 0 Å². The molecular weight excluding hydrogens is 342 g/mol. The molecule has 0 atom stereocenters. The van der Waals surface area contributed by atoms with E-state index in [4.69, 9.17) is 0 Å². The second-order valence-electron chi connectivity index (χ2n) is 4.82. The van der Waals surface area contributed by atoms with E-state index in [9.17, 15) is 17.2 Å². The van der Waals surface area contributed by atoms with Gasteiger partial charge in [0, 0.05) is 19.0 Å². The normalized spacial score (nSPS) is 11.9. The Balaban J connectivity index is 1.66. The number of nitrogens with zero attached hydrogens (tertiary/aromatic N) is 1. The number of aromatic nitrogens is 1. The number of hydrogen-bond donors (Lipinski definition) is 1. The van der Waals surface area contributed by atoms with Crippen molar-refractivity contribution < 1.29 is 17.2 Å². The van der Waals surface area contributed by atoms with Gasteiger partial charge in [0.25, 0.3) is 0 Å². The van der Waals surface area contributed by atoms with Crippen molar-refractivity contribution in [2.75, 3.05) is 6.54 Å². The van der Waals surface area contributed by atoms with Crippen LogP contribution in [0, 0.1) is 11.6 Å². The molecule has 3 aromatic rings. The van der Waals surface area contributed by atoms with Gasteiger partial charge in [-0.15, -0.1) is 11.3 Å². The van der Waals surface area contributed by atoms with E-state index >= 15 is 0 Å². The standard InChI is InChI=1S/C15H12F2N2O2S2/c16-10-1-4-12(5-2-10)23(20,21)18-8-7-15-19-13-9-11(17)3-6-14(13)22-15/h1-6,9,18H,7-8H2. The summed E-state index contributed by atoms with van der Waals surface area (Å²) in [6.07, 6.45) is 0.390. The molecular formula is C15H12F2N2O2S2. The molecule has 8 heteroatoms. The Labute approximate surface area is 135 Å². The fraction of sp³-hybridized carbons (Fsp3) is 0.133. The monoisotopic (exact) mass is 354 g/mol. The van der Waals surface area contributed by atoms with Crippen molar-refractivity contribution in [2.24, 2.45) is 0 Å². The molecule has 1 N–H and O–H groups in total. The van der Waals surface area contributed by atoms with Crippen LogP contribution in [0.2, 0.25) is 0 Å². The van der Waals surface area contributed by atoms with E-state index in [2.05, 4.69) is 9.71 Å². The molecule has 0 saturated heterocycles. The van der Waals surface area contributed by atoms with E-state index in [0.29, 0.717) is 16.9 Å². The third-order valence-electron chi connectivity index (χ3n) is 3.15. The largest absolute Gasteiger partial charge is 0.241 e. The molecule has 4 nitrogen and oxygen atoms in total. The average Bonchev–Trinajstić information content (AvgIpc) is 2.89. The summed E-state index contributed by atoms with van der Waals surface area (Å²) in [5, 5.41) is 0.715. The first kappa shape index (κ1) is 16.0. The van der Waals surface area contributed by atoms with Crippen LogP contribution in [0.4, 0.5) is 8.78 Å². The predicted molar refractivity (Wildman–Crippen MR) is 84.9 cm³/mol. The van der Waals surface area contributed by atoms with E-state index in [0.717, 1.165) is 16.8 Å². The summed E-state index contributed by atoms with van der Waals surface area (Å²) in [5.41, 5.74) is 0.561. The molecule has 0 amide bonds. The Hall–Kier alpha value is -1.90. The molecule has 0 unspecified atom stereocenters. The molecule has 0 aliphatic rings. The molecule has 0 bridgehead atoms. The number of nitrogens with one attached hydrogen (secondary N) is 1. The molecule has 0 aliphatic heterocycles. The van der Waals surface area contributed by atoms with Crippen LogP contribution in [-0.2, 0) is 16.4 Å². The number of thiazole rings is 1. The summed E-state index contributed by atoms with van der Waals surface area (Å²) in [5.74, 6) is -0.850. The zero-order chi connectivity index (χ0) is 16.4. The Bertz CT molecular complexity index is 938. The van der Waals surface area contributed by atoms with Crippen molar-refractivity contribution in [3.63, 3.8) is 0 Å².